The average molecular weight is 888 g/mol. The predicted octanol–water partition coefficient (Wildman–Crippen LogP) is 4.61. The van der Waals surface area contributed by atoms with Crippen LogP contribution in [0.3, 0.4) is 0 Å². The van der Waals surface area contributed by atoms with Gasteiger partial charge in [-0.05, 0) is 76.1 Å². The Balaban J connectivity index is 1.96. The van der Waals surface area contributed by atoms with Crippen LogP contribution in [0.2, 0.25) is 0 Å². The maximum Gasteiger partial charge on any atom is 0.270 e. The lowest BCUT2D eigenvalue weighted by atomic mass is 9.69. The number of nitrogens with zero attached hydrogens (tertiary/aromatic N) is 3. The number of rotatable bonds is 25. The summed E-state index contributed by atoms with van der Waals surface area (Å²) in [6, 6.07) is 8.34. The van der Waals surface area contributed by atoms with Crippen molar-refractivity contribution in [2.24, 2.45) is 35.0 Å². The van der Waals surface area contributed by atoms with Crippen LogP contribution in [0, 0.1) is 35.0 Å². The fourth-order valence-electron chi connectivity index (χ4n) is 8.53. The molecule has 1 aliphatic heterocycles. The molecule has 0 spiro atoms. The van der Waals surface area contributed by atoms with Crippen molar-refractivity contribution in [1.29, 1.82) is 0 Å². The van der Waals surface area contributed by atoms with Gasteiger partial charge in [0.1, 0.15) is 10.7 Å². The van der Waals surface area contributed by atoms with E-state index in [2.05, 4.69) is 52.7 Å². The predicted molar refractivity (Wildman–Crippen MR) is 244 cm³/mol. The van der Waals surface area contributed by atoms with Crippen molar-refractivity contribution in [2.45, 2.75) is 97.9 Å². The summed E-state index contributed by atoms with van der Waals surface area (Å²) in [5.41, 5.74) is 0.0461. The van der Waals surface area contributed by atoms with Crippen LogP contribution in [-0.2, 0) is 35.1 Å². The van der Waals surface area contributed by atoms with Gasteiger partial charge in [0, 0.05) is 58.0 Å². The Bertz CT molecular complexity index is 1700. The van der Waals surface area contributed by atoms with Crippen LogP contribution < -0.4 is 21.3 Å². The van der Waals surface area contributed by atoms with Gasteiger partial charge in [0.05, 0.1) is 36.1 Å². The number of hydrogen-bond donors (Lipinski definition) is 5. The largest absolute Gasteiger partial charge is 0.384 e. The second-order valence-corrected chi connectivity index (χ2v) is 18.9. The highest BCUT2D eigenvalue weighted by Gasteiger charge is 2.53. The molecule has 3 unspecified atom stereocenters. The molecule has 4 N–H and O–H groups in total. The number of carbonyl (C=O) groups excluding carboxylic acids is 5. The fraction of sp³-hybridized carbons (Fsp3) is 0.689. The van der Waals surface area contributed by atoms with Crippen molar-refractivity contribution in [2.75, 3.05) is 67.4 Å². The minimum Gasteiger partial charge on any atom is -0.384 e. The number of thiazole rings is 1. The monoisotopic (exact) mass is 888 g/mol. The second kappa shape index (κ2) is 25.0. The van der Waals surface area contributed by atoms with Gasteiger partial charge in [-0.15, -0.1) is 11.3 Å². The molecule has 0 bridgehead atoms. The molecule has 3 rings (SSSR count). The minimum absolute atomic E-state index is 0.0354. The van der Waals surface area contributed by atoms with Crippen LogP contribution in [-0.4, -0.2) is 130 Å². The molecule has 2 aromatic rings. The molecular formula is C45H73N7O7S2. The van der Waals surface area contributed by atoms with Crippen LogP contribution >= 0.6 is 24.0 Å². The first-order chi connectivity index (χ1) is 28.9. The van der Waals surface area contributed by atoms with Crippen LogP contribution in [0.4, 0.5) is 0 Å². The van der Waals surface area contributed by atoms with Gasteiger partial charge in [0.2, 0.25) is 23.6 Å². The Morgan fingerprint density at radius 2 is 1.72 bits per heavy atom. The molecule has 342 valence electrons. The Labute approximate surface area is 373 Å². The van der Waals surface area contributed by atoms with Crippen LogP contribution in [0.1, 0.15) is 94.3 Å². The molecule has 1 aliphatic rings. The zero-order valence-electron chi connectivity index (χ0n) is 38.3. The van der Waals surface area contributed by atoms with E-state index in [9.17, 15) is 24.0 Å². The molecule has 0 radical (unpaired) electrons. The Kier molecular flexibility index (Phi) is 21.3. The number of carbonyl (C=O) groups is 5. The molecule has 1 aromatic heterocycles. The lowest BCUT2D eigenvalue weighted by Crippen LogP contribution is -2.59. The number of imide groups is 1. The third-order valence-electron chi connectivity index (χ3n) is 12.0. The number of hydrogen-bond acceptors (Lipinski definition) is 12. The summed E-state index contributed by atoms with van der Waals surface area (Å²) in [6.45, 7) is 13.2. The van der Waals surface area contributed by atoms with Crippen molar-refractivity contribution in [3.63, 3.8) is 0 Å². The van der Waals surface area contributed by atoms with Gasteiger partial charge in [-0.1, -0.05) is 71.4 Å². The first-order valence-electron chi connectivity index (χ1n) is 21.6. The summed E-state index contributed by atoms with van der Waals surface area (Å²) in [5.74, 6) is -2.02. The molecule has 1 aromatic carbocycles. The van der Waals surface area contributed by atoms with E-state index in [1.54, 1.807) is 19.6 Å². The number of ether oxygens (including phenoxy) is 2. The maximum atomic E-state index is 14.9. The Morgan fingerprint density at radius 1 is 1.03 bits per heavy atom. The van der Waals surface area contributed by atoms with E-state index in [4.69, 9.17) is 9.47 Å². The lowest BCUT2D eigenvalue weighted by molar-refractivity contribution is -0.154. The third-order valence-corrected chi connectivity index (χ3v) is 13.2. The van der Waals surface area contributed by atoms with Crippen molar-refractivity contribution in [3.8, 4) is 0 Å². The second-order valence-electron chi connectivity index (χ2n) is 17.5. The lowest BCUT2D eigenvalue weighted by Gasteiger charge is -2.42. The van der Waals surface area contributed by atoms with Gasteiger partial charge < -0.3 is 30.7 Å². The van der Waals surface area contributed by atoms with Crippen molar-refractivity contribution in [1.82, 2.24) is 36.1 Å². The smallest absolute Gasteiger partial charge is 0.270 e. The van der Waals surface area contributed by atoms with Gasteiger partial charge in [-0.2, -0.15) is 12.6 Å². The highest BCUT2D eigenvalue weighted by Crippen LogP contribution is 2.41. The van der Waals surface area contributed by atoms with E-state index in [1.807, 2.05) is 77.0 Å². The normalized spacial score (nSPS) is 19.3. The molecule has 5 amide bonds. The van der Waals surface area contributed by atoms with E-state index < -0.39 is 35.4 Å². The van der Waals surface area contributed by atoms with E-state index >= 15 is 0 Å². The Morgan fingerprint density at radius 3 is 2.31 bits per heavy atom. The molecule has 61 heavy (non-hydrogen) atoms. The summed E-state index contributed by atoms with van der Waals surface area (Å²) in [6.07, 6.45) is 1.96. The molecule has 16 heteroatoms. The zero-order chi connectivity index (χ0) is 45.4. The first kappa shape index (κ1) is 51.9. The SMILES string of the molecule is CCC(C)CC(OC)[C@@H](C(=O)N(C)C(=O)C[C@@H](C)CNC(=O)[C@H](C(C)C)N(C)C)[C@H]1CCN[C@@H]1C(C)(COC)C(=O)N[C@@H](Cc1ccccc1)c1nc(C(=O)NCCS)cs1. The summed E-state index contributed by atoms with van der Waals surface area (Å²) >= 11 is 5.50. The topological polar surface area (TPSA) is 171 Å². The number of aromatic nitrogens is 1. The van der Waals surface area contributed by atoms with Crippen molar-refractivity contribution in [3.05, 3.63) is 52.0 Å². The Hall–Kier alpha value is -3.41. The molecule has 1 saturated heterocycles. The van der Waals surface area contributed by atoms with E-state index in [-0.39, 0.29) is 78.6 Å². The van der Waals surface area contributed by atoms with E-state index in [0.29, 0.717) is 43.1 Å². The van der Waals surface area contributed by atoms with Gasteiger partial charge in [0.15, 0.2) is 0 Å². The van der Waals surface area contributed by atoms with Gasteiger partial charge in [0.25, 0.3) is 5.91 Å². The van der Waals surface area contributed by atoms with E-state index in [0.717, 1.165) is 12.0 Å². The molecule has 14 nitrogen and oxygen atoms in total. The number of benzene rings is 1. The third kappa shape index (κ3) is 14.3. The number of methoxy groups -OCH3 is 2. The molecule has 0 aliphatic carbocycles. The molecule has 1 fully saturated rings. The highest BCUT2D eigenvalue weighted by molar-refractivity contribution is 7.80. The summed E-state index contributed by atoms with van der Waals surface area (Å²) in [4.78, 5) is 77.3. The zero-order valence-corrected chi connectivity index (χ0v) is 40.0. The highest BCUT2D eigenvalue weighted by atomic mass is 32.1. The average Bonchev–Trinajstić information content (AvgIpc) is 3.93. The number of thiol groups is 1. The van der Waals surface area contributed by atoms with Gasteiger partial charge >= 0.3 is 0 Å². The van der Waals surface area contributed by atoms with Crippen molar-refractivity contribution >= 4 is 53.5 Å². The molecular weight excluding hydrogens is 815 g/mol. The van der Waals surface area contributed by atoms with Crippen molar-refractivity contribution < 1.29 is 33.4 Å². The van der Waals surface area contributed by atoms with Crippen LogP contribution in [0.25, 0.3) is 0 Å². The summed E-state index contributed by atoms with van der Waals surface area (Å²) in [5, 5.41) is 14.9. The maximum absolute atomic E-state index is 14.9. The molecule has 2 heterocycles. The molecule has 0 saturated carbocycles. The van der Waals surface area contributed by atoms with Gasteiger partial charge in [-0.25, -0.2) is 4.98 Å². The standard InChI is InChI=1S/C45H73N7O7S2/c1-12-29(4)22-35(59-11)37(43(56)52(9)36(53)23-30(5)25-48-41(55)38(28(2)3)51(7)8)32-18-19-46-39(32)45(6,27-58-10)44(57)50-33(24-31-16-14-13-15-17-31)42-49-34(26-61-42)40(54)47-20-21-60/h13-17,26,28-30,32-33,35,37-39,46,60H,12,18-25,27H2,1-11H3,(H,47,54)(H,48,55)(H,50,57)/t29?,30-,32-,33+,35?,37+,38+,39+,45?/m1/s1. The quantitative estimate of drug-likeness (QED) is 0.0888. The van der Waals surface area contributed by atoms with Crippen LogP contribution in [0.5, 0.6) is 0 Å². The van der Waals surface area contributed by atoms with E-state index in [1.165, 1.54) is 23.3 Å². The minimum atomic E-state index is -1.20. The molecule has 9 atom stereocenters. The number of amides is 5. The first-order valence-corrected chi connectivity index (χ1v) is 23.1. The summed E-state index contributed by atoms with van der Waals surface area (Å²) in [7, 11) is 8.41. The summed E-state index contributed by atoms with van der Waals surface area (Å²) < 4.78 is 12.0. The van der Waals surface area contributed by atoms with Crippen LogP contribution in [0.15, 0.2) is 35.7 Å². The number of likely N-dealkylation sites (N-methyl/N-ethyl adjacent to an activating group) is 1. The fourth-order valence-corrected chi connectivity index (χ4v) is 9.49. The van der Waals surface area contributed by atoms with Gasteiger partial charge in [-0.3, -0.25) is 33.8 Å². The number of nitrogens with one attached hydrogen (secondary N) is 4.